The van der Waals surface area contributed by atoms with Crippen molar-refractivity contribution in [3.05, 3.63) is 27.8 Å². The summed E-state index contributed by atoms with van der Waals surface area (Å²) in [6.07, 6.45) is 0. The van der Waals surface area contributed by atoms with Crippen molar-refractivity contribution in [3.8, 4) is 0 Å². The first-order chi connectivity index (χ1) is 4.72. The van der Waals surface area contributed by atoms with E-state index in [0.717, 1.165) is 3.57 Å². The Morgan fingerprint density at radius 1 is 1.45 bits per heavy atom. The Kier molecular flexibility index (Phi) is 7.15. The zero-order valence-electron chi connectivity index (χ0n) is 6.95. The minimum Gasteiger partial charge on any atom is -1.00 e. The van der Waals surface area contributed by atoms with Crippen molar-refractivity contribution in [3.63, 3.8) is 0 Å². The van der Waals surface area contributed by atoms with Gasteiger partial charge >= 0.3 is 51.4 Å². The normalized spacial score (nSPS) is 11.8. The van der Waals surface area contributed by atoms with Crippen LogP contribution in [0.2, 0.25) is 0 Å². The van der Waals surface area contributed by atoms with Gasteiger partial charge in [-0.05, 0) is 34.7 Å². The van der Waals surface area contributed by atoms with Gasteiger partial charge in [-0.1, -0.05) is 12.1 Å². The molecule has 0 aromatic heterocycles. The first-order valence-corrected chi connectivity index (χ1v) is 4.76. The topological polar surface area (TPSA) is 37.3 Å². The van der Waals surface area contributed by atoms with Gasteiger partial charge in [0, 0.05) is 3.57 Å². The van der Waals surface area contributed by atoms with Crippen LogP contribution in [0.3, 0.4) is 0 Å². The predicted octanol–water partition coefficient (Wildman–Crippen LogP) is -1.01. The SMILES string of the molecule is O=S(O)c1ccccc1I.[H-].[K+]. The van der Waals surface area contributed by atoms with Crippen LogP contribution in [0.15, 0.2) is 29.2 Å². The first-order valence-electron chi connectivity index (χ1n) is 2.57. The zero-order chi connectivity index (χ0) is 7.56. The minimum absolute atomic E-state index is 0. The van der Waals surface area contributed by atoms with Crippen LogP contribution in [0.1, 0.15) is 1.43 Å². The van der Waals surface area contributed by atoms with E-state index in [1.807, 2.05) is 28.7 Å². The molecule has 1 atom stereocenters. The summed E-state index contributed by atoms with van der Waals surface area (Å²) in [4.78, 5) is 0.475. The quantitative estimate of drug-likeness (QED) is 0.410. The van der Waals surface area contributed by atoms with Gasteiger partial charge in [-0.25, -0.2) is 4.21 Å². The summed E-state index contributed by atoms with van der Waals surface area (Å²) < 4.78 is 20.0. The molecule has 0 aliphatic carbocycles. The van der Waals surface area contributed by atoms with Crippen LogP contribution >= 0.6 is 22.6 Å². The fraction of sp³-hybridized carbons (Fsp3) is 0. The van der Waals surface area contributed by atoms with Gasteiger partial charge in [0.05, 0.1) is 4.90 Å². The van der Waals surface area contributed by atoms with Crippen LogP contribution in [-0.2, 0) is 11.1 Å². The summed E-state index contributed by atoms with van der Waals surface area (Å²) in [5.74, 6) is 0. The Morgan fingerprint density at radius 3 is 2.36 bits per heavy atom. The Balaban J connectivity index is 0. The molecule has 0 spiro atoms. The van der Waals surface area contributed by atoms with Crippen molar-refractivity contribution < 1.29 is 61.6 Å². The summed E-state index contributed by atoms with van der Waals surface area (Å²) in [7, 11) is 0. The van der Waals surface area contributed by atoms with Crippen LogP contribution in [0.4, 0.5) is 0 Å². The molecule has 1 unspecified atom stereocenters. The van der Waals surface area contributed by atoms with Gasteiger partial charge in [0.1, 0.15) is 0 Å². The van der Waals surface area contributed by atoms with Gasteiger partial charge in [-0.2, -0.15) is 0 Å². The first kappa shape index (κ1) is 12.7. The van der Waals surface area contributed by atoms with Gasteiger partial charge in [-0.3, -0.25) is 0 Å². The fourth-order valence-corrected chi connectivity index (χ4v) is 1.97. The average molecular weight is 308 g/mol. The number of hydrogen-bond acceptors (Lipinski definition) is 1. The van der Waals surface area contributed by atoms with E-state index in [2.05, 4.69) is 0 Å². The summed E-state index contributed by atoms with van der Waals surface area (Å²) in [5, 5.41) is 0. The van der Waals surface area contributed by atoms with Crippen LogP contribution in [0.25, 0.3) is 0 Å². The zero-order valence-corrected chi connectivity index (χ0v) is 12.0. The van der Waals surface area contributed by atoms with Gasteiger partial charge < -0.3 is 5.98 Å². The van der Waals surface area contributed by atoms with Crippen molar-refractivity contribution in [2.45, 2.75) is 4.90 Å². The van der Waals surface area contributed by atoms with Crippen molar-refractivity contribution in [1.29, 1.82) is 0 Å². The molecular formula is C6H6IKO2S. The monoisotopic (exact) mass is 308 g/mol. The molecule has 0 aliphatic rings. The van der Waals surface area contributed by atoms with Crippen LogP contribution in [0.5, 0.6) is 0 Å². The third-order valence-electron chi connectivity index (χ3n) is 1.02. The molecule has 0 radical (unpaired) electrons. The van der Waals surface area contributed by atoms with Crippen molar-refractivity contribution in [2.24, 2.45) is 0 Å². The summed E-state index contributed by atoms with van der Waals surface area (Å²) in [5.41, 5.74) is 0. The van der Waals surface area contributed by atoms with Crippen molar-refractivity contribution in [2.75, 3.05) is 0 Å². The maximum Gasteiger partial charge on any atom is 1.00 e. The molecule has 2 nitrogen and oxygen atoms in total. The minimum atomic E-state index is -1.85. The third-order valence-corrected chi connectivity index (χ3v) is 3.06. The van der Waals surface area contributed by atoms with Crippen LogP contribution in [0, 0.1) is 3.57 Å². The molecule has 1 aromatic rings. The molecule has 1 rings (SSSR count). The van der Waals surface area contributed by atoms with Gasteiger partial charge in [0.25, 0.3) is 0 Å². The molecule has 1 N–H and O–H groups in total. The molecule has 11 heavy (non-hydrogen) atoms. The number of benzene rings is 1. The Hall–Kier alpha value is 1.70. The van der Waals surface area contributed by atoms with Gasteiger partial charge in [0.2, 0.25) is 0 Å². The fourth-order valence-electron chi connectivity index (χ4n) is 0.586. The second-order valence-corrected chi connectivity index (χ2v) is 3.78. The Morgan fingerprint density at radius 2 is 2.00 bits per heavy atom. The molecule has 0 saturated heterocycles. The van der Waals surface area contributed by atoms with E-state index in [0.29, 0.717) is 4.90 Å². The summed E-state index contributed by atoms with van der Waals surface area (Å²) in [6, 6.07) is 7.01. The second-order valence-electron chi connectivity index (χ2n) is 1.68. The van der Waals surface area contributed by atoms with Crippen LogP contribution in [-0.4, -0.2) is 8.76 Å². The van der Waals surface area contributed by atoms with Gasteiger partial charge in [0.15, 0.2) is 11.1 Å². The second kappa shape index (κ2) is 6.20. The maximum atomic E-state index is 10.5. The van der Waals surface area contributed by atoms with E-state index >= 15 is 0 Å². The number of hydrogen-bond donors (Lipinski definition) is 1. The number of rotatable bonds is 1. The molecule has 0 aliphatic heterocycles. The molecule has 0 bridgehead atoms. The Labute approximate surface area is 125 Å². The van der Waals surface area contributed by atoms with E-state index in [9.17, 15) is 4.21 Å². The molecule has 0 fully saturated rings. The van der Waals surface area contributed by atoms with E-state index in [1.54, 1.807) is 18.2 Å². The summed E-state index contributed by atoms with van der Waals surface area (Å²) in [6.45, 7) is 0. The standard InChI is InChI=1S/C6H5IO2S.K.H/c7-5-3-1-2-4-6(5)10(8)9;;/h1-4H,(H,8,9);;/q;+1;-1. The maximum absolute atomic E-state index is 10.5. The van der Waals surface area contributed by atoms with Crippen molar-refractivity contribution in [1.82, 2.24) is 0 Å². The molecule has 56 valence electrons. The summed E-state index contributed by atoms with van der Waals surface area (Å²) >= 11 is 0.175. The van der Waals surface area contributed by atoms with Crippen molar-refractivity contribution >= 4 is 33.7 Å². The van der Waals surface area contributed by atoms with E-state index < -0.39 is 11.1 Å². The molecule has 0 saturated carbocycles. The smallest absolute Gasteiger partial charge is 1.00 e. The third kappa shape index (κ3) is 3.94. The Bertz CT molecular complexity index is 271. The van der Waals surface area contributed by atoms with Gasteiger partial charge in [-0.15, -0.1) is 0 Å². The predicted molar refractivity (Wildman–Crippen MR) is 49.3 cm³/mol. The largest absolute Gasteiger partial charge is 1.00 e. The molecule has 5 heteroatoms. The number of halogens is 1. The van der Waals surface area contributed by atoms with Crippen LogP contribution < -0.4 is 51.4 Å². The molecular weight excluding hydrogens is 302 g/mol. The molecule has 0 amide bonds. The van der Waals surface area contributed by atoms with E-state index in [1.165, 1.54) is 0 Å². The molecule has 0 heterocycles. The van der Waals surface area contributed by atoms with E-state index in [4.69, 9.17) is 4.55 Å². The average Bonchev–Trinajstić information content (AvgIpc) is 1.88. The van der Waals surface area contributed by atoms with E-state index in [-0.39, 0.29) is 52.8 Å². The molecule has 1 aromatic carbocycles.